The van der Waals surface area contributed by atoms with Gasteiger partial charge in [0.1, 0.15) is 0 Å². The number of fused-ring (bicyclic) bond motifs is 1. The Balaban J connectivity index is 1.52. The fourth-order valence-electron chi connectivity index (χ4n) is 3.44. The van der Waals surface area contributed by atoms with Crippen molar-refractivity contribution in [2.24, 2.45) is 0 Å². The van der Waals surface area contributed by atoms with Crippen LogP contribution in [0.2, 0.25) is 0 Å². The van der Waals surface area contributed by atoms with Gasteiger partial charge in [0, 0.05) is 10.9 Å². The second-order valence-electron chi connectivity index (χ2n) is 7.81. The van der Waals surface area contributed by atoms with Crippen molar-refractivity contribution in [3.63, 3.8) is 0 Å². The van der Waals surface area contributed by atoms with Crippen molar-refractivity contribution < 1.29 is 13.2 Å². The fraction of sp³-hybridized carbons (Fsp3) is 0.200. The van der Waals surface area contributed by atoms with Crippen molar-refractivity contribution >= 4 is 58.4 Å². The largest absolute Gasteiger partial charge is 0.284 e. The van der Waals surface area contributed by atoms with Gasteiger partial charge in [-0.1, -0.05) is 75.3 Å². The van der Waals surface area contributed by atoms with Crippen LogP contribution in [0.5, 0.6) is 0 Å². The molecule has 0 aliphatic heterocycles. The Labute approximate surface area is 206 Å². The van der Waals surface area contributed by atoms with Gasteiger partial charge in [-0.25, -0.2) is 13.4 Å². The Morgan fingerprint density at radius 1 is 1.03 bits per heavy atom. The molecule has 0 saturated heterocycles. The highest BCUT2D eigenvalue weighted by Gasteiger charge is 2.22. The molecule has 1 amide bonds. The van der Waals surface area contributed by atoms with Crippen LogP contribution < -0.4 is 4.90 Å². The standard InChI is InChI=1S/C25H23BrN2O3S2/c1-18-9-12-21(13-10-18)33(30,31)15-5-8-24(29)28(17-19-6-3-2-4-7-19)25-27-22-14-11-20(26)16-23(22)32-25/h2-4,6-7,9-14,16H,5,8,15,17H2,1H3. The maximum atomic E-state index is 13.2. The zero-order chi connectivity index (χ0) is 23.4. The van der Waals surface area contributed by atoms with E-state index < -0.39 is 9.84 Å². The quantitative estimate of drug-likeness (QED) is 0.267. The lowest BCUT2D eigenvalue weighted by atomic mass is 10.2. The number of carbonyl (C=O) groups is 1. The Bertz CT molecular complexity index is 1370. The minimum absolute atomic E-state index is 0.0756. The second kappa shape index (κ2) is 10.2. The Morgan fingerprint density at radius 2 is 1.76 bits per heavy atom. The fourth-order valence-corrected chi connectivity index (χ4v) is 6.29. The van der Waals surface area contributed by atoms with Crippen LogP contribution in [-0.4, -0.2) is 25.1 Å². The van der Waals surface area contributed by atoms with Crippen LogP contribution >= 0.6 is 27.3 Å². The molecule has 0 radical (unpaired) electrons. The third kappa shape index (κ3) is 5.88. The predicted octanol–water partition coefficient (Wildman–Crippen LogP) is 6.15. The van der Waals surface area contributed by atoms with E-state index in [2.05, 4.69) is 20.9 Å². The molecule has 0 aliphatic carbocycles. The zero-order valence-electron chi connectivity index (χ0n) is 18.1. The number of thiazole rings is 1. The highest BCUT2D eigenvalue weighted by atomic mass is 79.9. The minimum atomic E-state index is -3.44. The topological polar surface area (TPSA) is 67.3 Å². The summed E-state index contributed by atoms with van der Waals surface area (Å²) in [6.07, 6.45) is 0.369. The van der Waals surface area contributed by atoms with E-state index in [9.17, 15) is 13.2 Å². The van der Waals surface area contributed by atoms with Crippen LogP contribution in [0.1, 0.15) is 24.0 Å². The normalized spacial score (nSPS) is 11.6. The first-order valence-corrected chi connectivity index (χ1v) is 13.8. The van der Waals surface area contributed by atoms with E-state index in [0.717, 1.165) is 25.8 Å². The van der Waals surface area contributed by atoms with Gasteiger partial charge in [0.25, 0.3) is 0 Å². The van der Waals surface area contributed by atoms with Crippen molar-refractivity contribution in [1.82, 2.24) is 4.98 Å². The van der Waals surface area contributed by atoms with E-state index in [1.807, 2.05) is 55.5 Å². The average molecular weight is 544 g/mol. The van der Waals surface area contributed by atoms with Gasteiger partial charge < -0.3 is 0 Å². The van der Waals surface area contributed by atoms with Gasteiger partial charge in [-0.3, -0.25) is 9.69 Å². The van der Waals surface area contributed by atoms with E-state index >= 15 is 0 Å². The van der Waals surface area contributed by atoms with Crippen molar-refractivity contribution in [1.29, 1.82) is 0 Å². The number of aryl methyl sites for hydroxylation is 1. The summed E-state index contributed by atoms with van der Waals surface area (Å²) >= 11 is 4.93. The molecule has 0 fully saturated rings. The smallest absolute Gasteiger partial charge is 0.229 e. The first-order valence-electron chi connectivity index (χ1n) is 10.5. The van der Waals surface area contributed by atoms with Crippen LogP contribution in [0.4, 0.5) is 5.13 Å². The van der Waals surface area contributed by atoms with Crippen LogP contribution in [-0.2, 0) is 21.2 Å². The number of hydrogen-bond donors (Lipinski definition) is 0. The van der Waals surface area contributed by atoms with Crippen molar-refractivity contribution in [2.75, 3.05) is 10.7 Å². The number of hydrogen-bond acceptors (Lipinski definition) is 5. The van der Waals surface area contributed by atoms with Crippen molar-refractivity contribution in [3.8, 4) is 0 Å². The molecule has 0 atom stereocenters. The highest BCUT2D eigenvalue weighted by molar-refractivity contribution is 9.10. The summed E-state index contributed by atoms with van der Waals surface area (Å²) in [6, 6.07) is 22.3. The molecule has 33 heavy (non-hydrogen) atoms. The van der Waals surface area contributed by atoms with Gasteiger partial charge >= 0.3 is 0 Å². The van der Waals surface area contributed by atoms with Crippen LogP contribution in [0.3, 0.4) is 0 Å². The lowest BCUT2D eigenvalue weighted by Crippen LogP contribution is -2.30. The molecule has 0 aliphatic rings. The number of nitrogens with zero attached hydrogens (tertiary/aromatic N) is 2. The lowest BCUT2D eigenvalue weighted by Gasteiger charge is -2.20. The third-order valence-corrected chi connectivity index (χ3v) is 8.59. The van der Waals surface area contributed by atoms with Crippen LogP contribution in [0.15, 0.2) is 82.2 Å². The number of aromatic nitrogens is 1. The minimum Gasteiger partial charge on any atom is -0.284 e. The number of carbonyl (C=O) groups excluding carboxylic acids is 1. The molecule has 8 heteroatoms. The van der Waals surface area contributed by atoms with E-state index in [-0.39, 0.29) is 24.5 Å². The summed E-state index contributed by atoms with van der Waals surface area (Å²) in [5, 5.41) is 0.610. The summed E-state index contributed by atoms with van der Waals surface area (Å²) in [6.45, 7) is 2.29. The van der Waals surface area contributed by atoms with Gasteiger partial charge in [-0.2, -0.15) is 0 Å². The molecule has 0 bridgehead atoms. The van der Waals surface area contributed by atoms with Gasteiger partial charge in [0.05, 0.1) is 27.4 Å². The van der Waals surface area contributed by atoms with E-state index in [4.69, 9.17) is 0 Å². The van der Waals surface area contributed by atoms with Crippen molar-refractivity contribution in [2.45, 2.75) is 31.2 Å². The molecule has 0 spiro atoms. The lowest BCUT2D eigenvalue weighted by molar-refractivity contribution is -0.118. The highest BCUT2D eigenvalue weighted by Crippen LogP contribution is 2.32. The number of sulfone groups is 1. The molecule has 1 aromatic heterocycles. The van der Waals surface area contributed by atoms with E-state index in [1.165, 1.54) is 11.3 Å². The summed E-state index contributed by atoms with van der Waals surface area (Å²) in [7, 11) is -3.44. The predicted molar refractivity (Wildman–Crippen MR) is 137 cm³/mol. The molecule has 4 aromatic rings. The molecular weight excluding hydrogens is 520 g/mol. The average Bonchev–Trinajstić information content (AvgIpc) is 3.21. The number of benzene rings is 3. The summed E-state index contributed by atoms with van der Waals surface area (Å²) in [5.41, 5.74) is 2.81. The van der Waals surface area contributed by atoms with Gasteiger partial charge in [0.2, 0.25) is 5.91 Å². The van der Waals surface area contributed by atoms with E-state index in [0.29, 0.717) is 16.6 Å². The zero-order valence-corrected chi connectivity index (χ0v) is 21.3. The van der Waals surface area contributed by atoms with Crippen LogP contribution in [0.25, 0.3) is 10.2 Å². The Morgan fingerprint density at radius 3 is 2.48 bits per heavy atom. The number of anilines is 1. The van der Waals surface area contributed by atoms with Crippen LogP contribution in [0, 0.1) is 6.92 Å². The number of rotatable bonds is 8. The Kier molecular flexibility index (Phi) is 7.26. The third-order valence-electron chi connectivity index (χ3n) is 5.24. The first-order chi connectivity index (χ1) is 15.8. The number of amides is 1. The van der Waals surface area contributed by atoms with Gasteiger partial charge in [0.15, 0.2) is 15.0 Å². The summed E-state index contributed by atoms with van der Waals surface area (Å²) < 4.78 is 27.3. The molecule has 0 saturated carbocycles. The maximum absolute atomic E-state index is 13.2. The molecule has 3 aromatic carbocycles. The molecular formula is C25H23BrN2O3S2. The molecule has 0 N–H and O–H groups in total. The maximum Gasteiger partial charge on any atom is 0.229 e. The monoisotopic (exact) mass is 542 g/mol. The van der Waals surface area contributed by atoms with Crippen molar-refractivity contribution in [3.05, 3.63) is 88.4 Å². The Hall–Kier alpha value is -2.55. The molecule has 1 heterocycles. The summed E-state index contributed by atoms with van der Waals surface area (Å²) in [4.78, 5) is 19.9. The second-order valence-corrected chi connectivity index (χ2v) is 11.8. The SMILES string of the molecule is Cc1ccc(S(=O)(=O)CCCC(=O)N(Cc2ccccc2)c2nc3ccc(Br)cc3s2)cc1. The first kappa shape index (κ1) is 23.6. The molecule has 4 rings (SSSR count). The van der Waals surface area contributed by atoms with E-state index in [1.54, 1.807) is 29.2 Å². The van der Waals surface area contributed by atoms with Gasteiger partial charge in [-0.15, -0.1) is 0 Å². The number of halogens is 1. The molecule has 0 unspecified atom stereocenters. The summed E-state index contributed by atoms with van der Waals surface area (Å²) in [5.74, 6) is -0.218. The van der Waals surface area contributed by atoms with Gasteiger partial charge in [-0.05, 0) is 49.2 Å². The molecule has 5 nitrogen and oxygen atoms in total. The molecule has 170 valence electrons.